The number of benzene rings is 5. The van der Waals surface area contributed by atoms with Gasteiger partial charge in [0.1, 0.15) is 22.3 Å². The molecule has 0 spiro atoms. The van der Waals surface area contributed by atoms with Gasteiger partial charge >= 0.3 is 7.48 Å². The first kappa shape index (κ1) is 24.0. The van der Waals surface area contributed by atoms with E-state index < -0.39 is 11.2 Å². The van der Waals surface area contributed by atoms with Crippen LogP contribution in [0.2, 0.25) is 0 Å². The molecule has 0 amide bonds. The van der Waals surface area contributed by atoms with Gasteiger partial charge in [-0.15, -0.1) is 0 Å². The molecule has 0 unspecified atom stereocenters. The minimum atomic E-state index is -1.03. The minimum absolute atomic E-state index is 0.770. The summed E-state index contributed by atoms with van der Waals surface area (Å²) in [7, 11) is 1.75. The Balaban J connectivity index is 1.50. The van der Waals surface area contributed by atoms with Gasteiger partial charge in [-0.2, -0.15) is 0 Å². The Hall–Kier alpha value is -4.06. The Labute approximate surface area is 227 Å². The number of para-hydroxylation sites is 2. The van der Waals surface area contributed by atoms with Crippen molar-refractivity contribution in [1.29, 1.82) is 0 Å². The normalized spacial score (nSPS) is 12.8. The van der Waals surface area contributed by atoms with Crippen molar-refractivity contribution in [3.63, 3.8) is 0 Å². The molecule has 5 heteroatoms. The lowest BCUT2D eigenvalue weighted by Crippen LogP contribution is -2.49. The Morgan fingerprint density at radius 1 is 0.641 bits per heavy atom. The van der Waals surface area contributed by atoms with Crippen LogP contribution < -0.4 is 5.46 Å². The zero-order valence-electron chi connectivity index (χ0n) is 22.4. The molecule has 0 saturated heterocycles. The maximum absolute atomic E-state index is 10.7. The van der Waals surface area contributed by atoms with Crippen molar-refractivity contribution in [1.82, 2.24) is 0 Å². The highest BCUT2D eigenvalue weighted by atomic mass is 16.5. The first-order valence-electron chi connectivity index (χ1n) is 13.2. The SMILES string of the molecule is CC(C)(O)C(C)(C)O[B]c1ccc(-c2cccc3c2oc2ccccc23)c2oc3cc4ccccc4cc3c12. The number of aliphatic hydroxyl groups is 1. The van der Waals surface area contributed by atoms with E-state index in [9.17, 15) is 5.11 Å². The molecule has 0 aliphatic heterocycles. The van der Waals surface area contributed by atoms with Gasteiger partial charge in [-0.3, -0.25) is 0 Å². The molecule has 2 heterocycles. The second kappa shape index (κ2) is 8.47. The smallest absolute Gasteiger partial charge is 0.331 e. The van der Waals surface area contributed by atoms with Crippen LogP contribution in [-0.2, 0) is 4.65 Å². The quantitative estimate of drug-likeness (QED) is 0.237. The Morgan fingerprint density at radius 2 is 1.31 bits per heavy atom. The molecule has 7 rings (SSSR count). The third-order valence-corrected chi connectivity index (χ3v) is 8.17. The molecule has 1 radical (unpaired) electrons. The second-order valence-electron chi connectivity index (χ2n) is 11.3. The van der Waals surface area contributed by atoms with Crippen LogP contribution in [0.5, 0.6) is 0 Å². The van der Waals surface area contributed by atoms with Gasteiger partial charge < -0.3 is 18.6 Å². The molecular formula is C34H28BO4. The molecule has 4 nitrogen and oxygen atoms in total. The van der Waals surface area contributed by atoms with Crippen molar-refractivity contribution in [2.24, 2.45) is 0 Å². The van der Waals surface area contributed by atoms with Crippen molar-refractivity contribution < 1.29 is 18.6 Å². The zero-order valence-corrected chi connectivity index (χ0v) is 22.4. The van der Waals surface area contributed by atoms with Crippen LogP contribution in [0.1, 0.15) is 27.7 Å². The summed E-state index contributed by atoms with van der Waals surface area (Å²) < 4.78 is 19.2. The van der Waals surface area contributed by atoms with Crippen LogP contribution in [-0.4, -0.2) is 23.8 Å². The van der Waals surface area contributed by atoms with Crippen molar-refractivity contribution in [3.8, 4) is 11.1 Å². The van der Waals surface area contributed by atoms with Gasteiger partial charge in [-0.05, 0) is 62.1 Å². The molecule has 0 aliphatic carbocycles. The Morgan fingerprint density at radius 3 is 2.10 bits per heavy atom. The predicted octanol–water partition coefficient (Wildman–Crippen LogP) is 8.12. The van der Waals surface area contributed by atoms with Gasteiger partial charge in [0.2, 0.25) is 0 Å². The molecule has 0 fully saturated rings. The van der Waals surface area contributed by atoms with Gasteiger partial charge in [0.25, 0.3) is 0 Å². The fourth-order valence-electron chi connectivity index (χ4n) is 5.22. The zero-order chi connectivity index (χ0) is 26.9. The summed E-state index contributed by atoms with van der Waals surface area (Å²) in [6.45, 7) is 7.29. The molecule has 7 aromatic rings. The fourth-order valence-corrected chi connectivity index (χ4v) is 5.22. The monoisotopic (exact) mass is 511 g/mol. The number of hydrogen-bond donors (Lipinski definition) is 1. The molecule has 0 aliphatic rings. The summed E-state index contributed by atoms with van der Waals surface area (Å²) in [4.78, 5) is 0. The third-order valence-electron chi connectivity index (χ3n) is 8.17. The average molecular weight is 511 g/mol. The van der Waals surface area contributed by atoms with Gasteiger partial charge in [0.15, 0.2) is 0 Å². The number of furan rings is 2. The Bertz CT molecular complexity index is 2040. The molecule has 0 saturated carbocycles. The highest BCUT2D eigenvalue weighted by Gasteiger charge is 2.36. The van der Waals surface area contributed by atoms with Gasteiger partial charge in [0.05, 0.1) is 11.2 Å². The first-order valence-corrected chi connectivity index (χ1v) is 13.2. The van der Waals surface area contributed by atoms with Gasteiger partial charge in [-0.25, -0.2) is 0 Å². The maximum atomic E-state index is 10.7. The van der Waals surface area contributed by atoms with E-state index in [1.54, 1.807) is 21.3 Å². The topological polar surface area (TPSA) is 55.7 Å². The summed E-state index contributed by atoms with van der Waals surface area (Å²) in [6, 6.07) is 31.1. The highest BCUT2D eigenvalue weighted by molar-refractivity contribution is 6.53. The summed E-state index contributed by atoms with van der Waals surface area (Å²) in [6.07, 6.45) is 0. The number of rotatable bonds is 5. The second-order valence-corrected chi connectivity index (χ2v) is 11.3. The van der Waals surface area contributed by atoms with Crippen molar-refractivity contribution >= 4 is 67.6 Å². The fraction of sp³-hybridized carbons (Fsp3) is 0.176. The van der Waals surface area contributed by atoms with Gasteiger partial charge in [-0.1, -0.05) is 72.8 Å². The van der Waals surface area contributed by atoms with E-state index in [2.05, 4.69) is 60.7 Å². The van der Waals surface area contributed by atoms with E-state index in [-0.39, 0.29) is 0 Å². The van der Waals surface area contributed by atoms with E-state index >= 15 is 0 Å². The predicted molar refractivity (Wildman–Crippen MR) is 161 cm³/mol. The first-order chi connectivity index (χ1) is 18.7. The molecular weight excluding hydrogens is 483 g/mol. The van der Waals surface area contributed by atoms with Crippen molar-refractivity contribution in [3.05, 3.63) is 91.0 Å². The van der Waals surface area contributed by atoms with Gasteiger partial charge in [0, 0.05) is 32.7 Å². The standard InChI is InChI=1S/C34H28BO4/c1-33(2,36)34(3,4)39-35-27-17-16-25(24-14-9-13-23-22-12-7-8-15-28(22)37-31(23)24)32-30(27)26-18-20-10-5-6-11-21(20)19-29(26)38-32/h5-19,36H,1-4H3. The van der Waals surface area contributed by atoms with Crippen LogP contribution in [0.25, 0.3) is 65.8 Å². The van der Waals surface area contributed by atoms with E-state index in [1.807, 2.05) is 44.2 Å². The van der Waals surface area contributed by atoms with Crippen LogP contribution in [0.3, 0.4) is 0 Å². The Kier molecular flexibility index (Phi) is 5.22. The van der Waals surface area contributed by atoms with E-state index in [0.717, 1.165) is 71.2 Å². The lowest BCUT2D eigenvalue weighted by atomic mass is 9.79. The van der Waals surface area contributed by atoms with E-state index in [0.29, 0.717) is 0 Å². The third kappa shape index (κ3) is 3.76. The summed E-state index contributed by atoms with van der Waals surface area (Å²) in [5.74, 6) is 0. The lowest BCUT2D eigenvalue weighted by molar-refractivity contribution is -0.0893. The average Bonchev–Trinajstić information content (AvgIpc) is 3.48. The van der Waals surface area contributed by atoms with Crippen LogP contribution in [0, 0.1) is 0 Å². The molecule has 0 atom stereocenters. The largest absolute Gasteiger partial charge is 0.455 e. The van der Waals surface area contributed by atoms with Crippen LogP contribution in [0.4, 0.5) is 0 Å². The molecule has 39 heavy (non-hydrogen) atoms. The highest BCUT2D eigenvalue weighted by Crippen LogP contribution is 2.41. The van der Waals surface area contributed by atoms with Crippen LogP contribution in [0.15, 0.2) is 99.8 Å². The molecule has 191 valence electrons. The van der Waals surface area contributed by atoms with Crippen molar-refractivity contribution in [2.45, 2.75) is 38.9 Å². The summed E-state index contributed by atoms with van der Waals surface area (Å²) in [5, 5.41) is 17.1. The summed E-state index contributed by atoms with van der Waals surface area (Å²) >= 11 is 0. The van der Waals surface area contributed by atoms with E-state index in [4.69, 9.17) is 13.5 Å². The molecule has 5 aromatic carbocycles. The van der Waals surface area contributed by atoms with E-state index in [1.165, 1.54) is 0 Å². The van der Waals surface area contributed by atoms with Crippen molar-refractivity contribution in [2.75, 3.05) is 0 Å². The minimum Gasteiger partial charge on any atom is -0.455 e. The lowest BCUT2D eigenvalue weighted by Gasteiger charge is -2.37. The summed E-state index contributed by atoms with van der Waals surface area (Å²) in [5.41, 5.74) is 4.25. The molecule has 0 bridgehead atoms. The number of hydrogen-bond acceptors (Lipinski definition) is 4. The maximum Gasteiger partial charge on any atom is 0.331 e. The van der Waals surface area contributed by atoms with Crippen LogP contribution >= 0.6 is 0 Å². The molecule has 2 aromatic heterocycles. The number of fused-ring (bicyclic) bond motifs is 7. The molecule has 1 N–H and O–H groups in total.